The summed E-state index contributed by atoms with van der Waals surface area (Å²) < 4.78 is 5.23. The van der Waals surface area contributed by atoms with Crippen LogP contribution in [0, 0.1) is 0 Å². The molecule has 0 saturated carbocycles. The quantitative estimate of drug-likeness (QED) is 0.777. The average molecular weight is 293 g/mol. The molecule has 0 fully saturated rings. The van der Waals surface area contributed by atoms with E-state index < -0.39 is 0 Å². The molecule has 22 heavy (non-hydrogen) atoms. The van der Waals surface area contributed by atoms with E-state index in [9.17, 15) is 9.90 Å². The number of nitrogens with one attached hydrogen (secondary N) is 1. The second-order valence-corrected chi connectivity index (χ2v) is 4.87. The summed E-state index contributed by atoms with van der Waals surface area (Å²) in [5.74, 6) is 0.623. The maximum atomic E-state index is 11.8. The van der Waals surface area contributed by atoms with Crippen molar-refractivity contribution in [3.05, 3.63) is 71.0 Å². The summed E-state index contributed by atoms with van der Waals surface area (Å²) in [5, 5.41) is 10.3. The predicted molar refractivity (Wildman–Crippen MR) is 86.2 cm³/mol. The minimum Gasteiger partial charge on any atom is -0.507 e. The van der Waals surface area contributed by atoms with Gasteiger partial charge in [0.25, 0.3) is 5.56 Å². The highest BCUT2D eigenvalue weighted by molar-refractivity contribution is 5.85. The van der Waals surface area contributed by atoms with Crippen LogP contribution in [0.15, 0.2) is 65.5 Å². The Kier molecular flexibility index (Phi) is 3.66. The monoisotopic (exact) mass is 293 g/mol. The molecule has 1 aromatic heterocycles. The molecule has 0 aliphatic carbocycles. The van der Waals surface area contributed by atoms with Crippen LogP contribution in [0.2, 0.25) is 0 Å². The standard InChI is InChI=1S/C18H15NO3/c1-22-14-9-5-8-13(10-14)17-15(20)11-16(21)19-18(17)12-6-3-2-4-7-12/h2-11H,1H3,(H2,19,20,21). The van der Waals surface area contributed by atoms with Gasteiger partial charge in [-0.25, -0.2) is 0 Å². The molecule has 110 valence electrons. The first-order valence-electron chi connectivity index (χ1n) is 6.85. The number of benzene rings is 2. The third-order valence-corrected chi connectivity index (χ3v) is 3.44. The minimum absolute atomic E-state index is 0.0594. The van der Waals surface area contributed by atoms with Crippen molar-refractivity contribution in [3.63, 3.8) is 0 Å². The molecule has 3 aromatic rings. The van der Waals surface area contributed by atoms with E-state index >= 15 is 0 Å². The van der Waals surface area contributed by atoms with Crippen molar-refractivity contribution in [1.82, 2.24) is 4.98 Å². The Morgan fingerprint density at radius 1 is 0.955 bits per heavy atom. The molecule has 1 heterocycles. The molecule has 0 spiro atoms. The highest BCUT2D eigenvalue weighted by Crippen LogP contribution is 2.37. The van der Waals surface area contributed by atoms with Crippen molar-refractivity contribution in [2.45, 2.75) is 0 Å². The minimum atomic E-state index is -0.344. The van der Waals surface area contributed by atoms with Crippen LogP contribution in [0.1, 0.15) is 0 Å². The normalized spacial score (nSPS) is 10.4. The lowest BCUT2D eigenvalue weighted by molar-refractivity contribution is 0.415. The first-order valence-corrected chi connectivity index (χ1v) is 6.85. The van der Waals surface area contributed by atoms with Crippen molar-refractivity contribution < 1.29 is 9.84 Å². The van der Waals surface area contributed by atoms with Crippen LogP contribution in [-0.4, -0.2) is 17.2 Å². The molecule has 3 rings (SSSR count). The van der Waals surface area contributed by atoms with E-state index in [4.69, 9.17) is 4.74 Å². The van der Waals surface area contributed by atoms with Gasteiger partial charge in [0.1, 0.15) is 11.5 Å². The lowest BCUT2D eigenvalue weighted by Gasteiger charge is -2.12. The lowest BCUT2D eigenvalue weighted by Crippen LogP contribution is -2.06. The van der Waals surface area contributed by atoms with Gasteiger partial charge in [-0.15, -0.1) is 0 Å². The summed E-state index contributed by atoms with van der Waals surface area (Å²) in [6.07, 6.45) is 0. The van der Waals surface area contributed by atoms with E-state index in [-0.39, 0.29) is 11.3 Å². The van der Waals surface area contributed by atoms with Crippen LogP contribution in [0.4, 0.5) is 0 Å². The summed E-state index contributed by atoms with van der Waals surface area (Å²) in [4.78, 5) is 14.6. The fourth-order valence-corrected chi connectivity index (χ4v) is 2.44. The Balaban J connectivity index is 2.29. The zero-order chi connectivity index (χ0) is 15.5. The van der Waals surface area contributed by atoms with E-state index in [1.54, 1.807) is 7.11 Å². The molecule has 0 atom stereocenters. The molecule has 0 aliphatic rings. The smallest absolute Gasteiger partial charge is 0.252 e. The van der Waals surface area contributed by atoms with Gasteiger partial charge < -0.3 is 14.8 Å². The molecular weight excluding hydrogens is 278 g/mol. The van der Waals surface area contributed by atoms with Gasteiger partial charge in [-0.1, -0.05) is 42.5 Å². The number of H-pyrrole nitrogens is 1. The lowest BCUT2D eigenvalue weighted by atomic mass is 9.98. The maximum absolute atomic E-state index is 11.8. The zero-order valence-electron chi connectivity index (χ0n) is 12.0. The molecule has 0 radical (unpaired) electrons. The van der Waals surface area contributed by atoms with Crippen LogP contribution < -0.4 is 10.3 Å². The Bertz CT molecular complexity index is 854. The number of aromatic hydroxyl groups is 1. The van der Waals surface area contributed by atoms with Gasteiger partial charge in [0, 0.05) is 11.6 Å². The topological polar surface area (TPSA) is 62.3 Å². The van der Waals surface area contributed by atoms with Gasteiger partial charge in [-0.3, -0.25) is 4.79 Å². The molecule has 4 nitrogen and oxygen atoms in total. The number of pyridine rings is 1. The first-order chi connectivity index (χ1) is 10.7. The van der Waals surface area contributed by atoms with E-state index in [0.717, 1.165) is 11.1 Å². The highest BCUT2D eigenvalue weighted by atomic mass is 16.5. The summed E-state index contributed by atoms with van der Waals surface area (Å²) in [7, 11) is 1.59. The number of rotatable bonds is 3. The molecule has 0 saturated heterocycles. The van der Waals surface area contributed by atoms with Gasteiger partial charge in [0.05, 0.1) is 12.8 Å². The number of methoxy groups -OCH3 is 1. The van der Waals surface area contributed by atoms with Crippen LogP contribution in [-0.2, 0) is 0 Å². The van der Waals surface area contributed by atoms with E-state index in [2.05, 4.69) is 4.98 Å². The van der Waals surface area contributed by atoms with E-state index in [1.807, 2.05) is 54.6 Å². The third kappa shape index (κ3) is 2.59. The molecule has 2 aromatic carbocycles. The highest BCUT2D eigenvalue weighted by Gasteiger charge is 2.14. The van der Waals surface area contributed by atoms with E-state index in [1.165, 1.54) is 6.07 Å². The van der Waals surface area contributed by atoms with Gasteiger partial charge in [-0.05, 0) is 23.3 Å². The van der Waals surface area contributed by atoms with E-state index in [0.29, 0.717) is 17.0 Å². The number of ether oxygens (including phenoxy) is 1. The molecule has 0 aliphatic heterocycles. The van der Waals surface area contributed by atoms with Crippen molar-refractivity contribution in [2.24, 2.45) is 0 Å². The molecule has 0 amide bonds. The summed E-state index contributed by atoms with van der Waals surface area (Å²) in [5.41, 5.74) is 2.41. The van der Waals surface area contributed by atoms with Crippen molar-refractivity contribution in [3.8, 4) is 33.9 Å². The maximum Gasteiger partial charge on any atom is 0.252 e. The van der Waals surface area contributed by atoms with Crippen LogP contribution in [0.5, 0.6) is 11.5 Å². The van der Waals surface area contributed by atoms with Gasteiger partial charge in [0.15, 0.2) is 0 Å². The molecule has 0 unspecified atom stereocenters. The number of aromatic nitrogens is 1. The molecule has 0 bridgehead atoms. The van der Waals surface area contributed by atoms with Gasteiger partial charge in [-0.2, -0.15) is 0 Å². The van der Waals surface area contributed by atoms with Crippen molar-refractivity contribution in [2.75, 3.05) is 7.11 Å². The predicted octanol–water partition coefficient (Wildman–Crippen LogP) is 3.42. The summed E-state index contributed by atoms with van der Waals surface area (Å²) >= 11 is 0. The molecule has 4 heteroatoms. The number of aromatic amines is 1. The fraction of sp³-hybridized carbons (Fsp3) is 0.0556. The van der Waals surface area contributed by atoms with Crippen molar-refractivity contribution >= 4 is 0 Å². The zero-order valence-corrected chi connectivity index (χ0v) is 12.0. The second kappa shape index (κ2) is 5.77. The largest absolute Gasteiger partial charge is 0.507 e. The first kappa shape index (κ1) is 13.9. The summed E-state index contributed by atoms with van der Waals surface area (Å²) in [6, 6.07) is 18.0. The molecular formula is C18H15NO3. The van der Waals surface area contributed by atoms with Crippen LogP contribution in [0.25, 0.3) is 22.4 Å². The van der Waals surface area contributed by atoms with Gasteiger partial charge >= 0.3 is 0 Å². The third-order valence-electron chi connectivity index (χ3n) is 3.44. The Labute approximate surface area is 127 Å². The molecule has 2 N–H and O–H groups in total. The number of hydrogen-bond donors (Lipinski definition) is 2. The number of hydrogen-bond acceptors (Lipinski definition) is 3. The van der Waals surface area contributed by atoms with Crippen molar-refractivity contribution in [1.29, 1.82) is 0 Å². The fourth-order valence-electron chi connectivity index (χ4n) is 2.44. The Morgan fingerprint density at radius 3 is 2.41 bits per heavy atom. The Morgan fingerprint density at radius 2 is 1.68 bits per heavy atom. The van der Waals surface area contributed by atoms with Gasteiger partial charge in [0.2, 0.25) is 0 Å². The van der Waals surface area contributed by atoms with Crippen LogP contribution in [0.3, 0.4) is 0 Å². The second-order valence-electron chi connectivity index (χ2n) is 4.87. The Hall–Kier alpha value is -3.01. The van der Waals surface area contributed by atoms with Crippen LogP contribution >= 0.6 is 0 Å². The average Bonchev–Trinajstić information content (AvgIpc) is 2.55. The summed E-state index contributed by atoms with van der Waals surface area (Å²) in [6.45, 7) is 0. The SMILES string of the molecule is COc1cccc(-c2c(O)cc(=O)[nH]c2-c2ccccc2)c1.